The third kappa shape index (κ3) is 4.83. The van der Waals surface area contributed by atoms with E-state index in [1.165, 1.54) is 0 Å². The van der Waals surface area contributed by atoms with E-state index in [0.29, 0.717) is 23.8 Å². The number of allylic oxidation sites excluding steroid dienone is 1. The third-order valence-electron chi connectivity index (χ3n) is 5.67. The summed E-state index contributed by atoms with van der Waals surface area (Å²) in [6, 6.07) is 7.18. The second-order valence-electron chi connectivity index (χ2n) is 8.36. The zero-order valence-electron chi connectivity index (χ0n) is 18.2. The van der Waals surface area contributed by atoms with Gasteiger partial charge in [0.25, 0.3) is 0 Å². The molecule has 1 saturated carbocycles. The van der Waals surface area contributed by atoms with Crippen LogP contribution < -0.4 is 10.6 Å². The van der Waals surface area contributed by atoms with Gasteiger partial charge in [0.1, 0.15) is 0 Å². The Morgan fingerprint density at radius 2 is 1.93 bits per heavy atom. The fourth-order valence-corrected chi connectivity index (χ4v) is 4.05. The summed E-state index contributed by atoms with van der Waals surface area (Å²) in [5.74, 6) is 0.141. The van der Waals surface area contributed by atoms with Crippen LogP contribution in [0.1, 0.15) is 58.6 Å². The number of rotatable bonds is 7. The summed E-state index contributed by atoms with van der Waals surface area (Å²) in [7, 11) is 0. The van der Waals surface area contributed by atoms with Crippen LogP contribution in [-0.2, 0) is 14.3 Å². The van der Waals surface area contributed by atoms with Gasteiger partial charge in [-0.25, -0.2) is 4.79 Å². The van der Waals surface area contributed by atoms with Crippen LogP contribution >= 0.6 is 12.2 Å². The molecule has 0 radical (unpaired) electrons. The van der Waals surface area contributed by atoms with E-state index in [0.717, 1.165) is 36.2 Å². The molecule has 1 aliphatic heterocycles. The maximum Gasteiger partial charge on any atom is 0.338 e. The number of nitrogens with one attached hydrogen (secondary N) is 2. The highest BCUT2D eigenvalue weighted by atomic mass is 32.1. The highest BCUT2D eigenvalue weighted by Crippen LogP contribution is 2.32. The molecule has 2 N–H and O–H groups in total. The van der Waals surface area contributed by atoms with Crippen LogP contribution in [0.2, 0.25) is 0 Å². The molecule has 1 atom stereocenters. The third-order valence-corrected chi connectivity index (χ3v) is 6.01. The number of hydrogen-bond donors (Lipinski definition) is 2. The molecule has 162 valence electrons. The molecule has 30 heavy (non-hydrogen) atoms. The Morgan fingerprint density at radius 3 is 2.47 bits per heavy atom. The molecular weight excluding hydrogens is 398 g/mol. The zero-order valence-corrected chi connectivity index (χ0v) is 19.0. The molecule has 1 fully saturated rings. The van der Waals surface area contributed by atoms with E-state index < -0.39 is 6.04 Å². The Hall–Kier alpha value is -2.41. The van der Waals surface area contributed by atoms with Crippen LogP contribution in [-0.4, -0.2) is 35.0 Å². The van der Waals surface area contributed by atoms with E-state index >= 15 is 0 Å². The predicted molar refractivity (Wildman–Crippen MR) is 122 cm³/mol. The highest BCUT2D eigenvalue weighted by molar-refractivity contribution is 7.80. The first-order chi connectivity index (χ1) is 14.3. The summed E-state index contributed by atoms with van der Waals surface area (Å²) in [5.41, 5.74) is 3.03. The van der Waals surface area contributed by atoms with Gasteiger partial charge in [-0.3, -0.25) is 4.79 Å². The lowest BCUT2D eigenvalue weighted by Gasteiger charge is -2.37. The number of hydrogen-bond acceptors (Lipinski definition) is 4. The number of carbonyl (C=O) groups excluding carboxylic acids is 2. The van der Waals surface area contributed by atoms with Gasteiger partial charge in [0.15, 0.2) is 5.11 Å². The number of ether oxygens (including phenoxy) is 1. The van der Waals surface area contributed by atoms with Gasteiger partial charge in [0.2, 0.25) is 5.91 Å². The molecule has 6 nitrogen and oxygen atoms in total. The van der Waals surface area contributed by atoms with Gasteiger partial charge < -0.3 is 20.3 Å². The predicted octanol–water partition coefficient (Wildman–Crippen LogP) is 4.15. The molecule has 0 saturated heterocycles. The Balaban J connectivity index is 1.83. The molecule has 1 aromatic carbocycles. The second kappa shape index (κ2) is 9.60. The van der Waals surface area contributed by atoms with Gasteiger partial charge in [-0.2, -0.15) is 0 Å². The fraction of sp³-hybridized carbons (Fsp3) is 0.522. The minimum absolute atomic E-state index is 0.0817. The van der Waals surface area contributed by atoms with Crippen molar-refractivity contribution in [2.75, 3.05) is 18.5 Å². The fourth-order valence-electron chi connectivity index (χ4n) is 3.67. The molecular formula is C23H31N3O3S. The van der Waals surface area contributed by atoms with Crippen molar-refractivity contribution in [3.63, 3.8) is 0 Å². The quantitative estimate of drug-likeness (QED) is 0.501. The summed E-state index contributed by atoms with van der Waals surface area (Å²) < 4.78 is 5.55. The van der Waals surface area contributed by atoms with Crippen LogP contribution in [0.15, 0.2) is 35.5 Å². The largest absolute Gasteiger partial charge is 0.462 e. The van der Waals surface area contributed by atoms with Crippen LogP contribution in [0, 0.1) is 11.8 Å². The number of benzene rings is 1. The number of amides is 1. The molecule has 1 aromatic rings. The molecule has 0 aromatic heterocycles. The summed E-state index contributed by atoms with van der Waals surface area (Å²) in [6.45, 7) is 8.95. The van der Waals surface area contributed by atoms with Gasteiger partial charge in [-0.15, -0.1) is 0 Å². The first-order valence-electron chi connectivity index (χ1n) is 10.7. The molecule has 1 unspecified atom stereocenters. The molecule has 0 spiro atoms. The monoisotopic (exact) mass is 429 g/mol. The van der Waals surface area contributed by atoms with E-state index in [2.05, 4.69) is 10.6 Å². The average Bonchev–Trinajstić information content (AvgIpc) is 2.65. The summed E-state index contributed by atoms with van der Waals surface area (Å²) in [5, 5.41) is 6.85. The summed E-state index contributed by atoms with van der Waals surface area (Å²) >= 11 is 5.53. The summed E-state index contributed by atoms with van der Waals surface area (Å²) in [4.78, 5) is 27.0. The Labute approximate surface area is 184 Å². The SMILES string of the molecule is CCN1C(=S)NC(c2ccc(NC(=O)C3CCC3)cc2)C(C(=O)OCC(C)C)=C1C. The highest BCUT2D eigenvalue weighted by Gasteiger charge is 2.34. The van der Waals surface area contributed by atoms with E-state index in [-0.39, 0.29) is 23.7 Å². The maximum atomic E-state index is 12.9. The second-order valence-corrected chi connectivity index (χ2v) is 8.74. The number of carbonyl (C=O) groups is 2. The standard InChI is InChI=1S/C23H31N3O3S/c1-5-26-15(4)19(22(28)29-13-14(2)3)20(25-23(26)30)16-9-11-18(12-10-16)24-21(27)17-7-6-8-17/h9-12,14,17,20H,5-8,13H2,1-4H3,(H,24,27)(H,25,30). The normalized spacial score (nSPS) is 19.4. The number of anilines is 1. The molecule has 1 amide bonds. The Kier molecular flexibility index (Phi) is 7.13. The van der Waals surface area contributed by atoms with Crippen LogP contribution in [0.4, 0.5) is 5.69 Å². The molecule has 1 aliphatic carbocycles. The summed E-state index contributed by atoms with van der Waals surface area (Å²) in [6.07, 6.45) is 3.06. The lowest BCUT2D eigenvalue weighted by Crippen LogP contribution is -2.47. The van der Waals surface area contributed by atoms with Crippen LogP contribution in [0.3, 0.4) is 0 Å². The number of nitrogens with zero attached hydrogens (tertiary/aromatic N) is 1. The lowest BCUT2D eigenvalue weighted by molar-refractivity contribution is -0.140. The number of thiocarbonyl (C=S) groups is 1. The average molecular weight is 430 g/mol. The minimum Gasteiger partial charge on any atom is -0.462 e. The topological polar surface area (TPSA) is 70.7 Å². The maximum absolute atomic E-state index is 12.9. The van der Waals surface area contributed by atoms with Crippen LogP contribution in [0.5, 0.6) is 0 Å². The Bertz CT molecular complexity index is 844. The van der Waals surface area contributed by atoms with Crippen molar-refractivity contribution in [1.29, 1.82) is 0 Å². The van der Waals surface area contributed by atoms with Crippen molar-refractivity contribution >= 4 is 34.9 Å². The first kappa shape index (κ1) is 22.3. The molecule has 2 aliphatic rings. The Morgan fingerprint density at radius 1 is 1.27 bits per heavy atom. The van der Waals surface area contributed by atoms with Crippen molar-refractivity contribution in [2.45, 2.75) is 53.0 Å². The smallest absolute Gasteiger partial charge is 0.338 e. The molecule has 1 heterocycles. The van der Waals surface area contributed by atoms with E-state index in [1.54, 1.807) is 0 Å². The van der Waals surface area contributed by atoms with E-state index in [9.17, 15) is 9.59 Å². The van der Waals surface area contributed by atoms with Crippen molar-refractivity contribution in [2.24, 2.45) is 11.8 Å². The van der Waals surface area contributed by atoms with Gasteiger partial charge in [0, 0.05) is 23.8 Å². The van der Waals surface area contributed by atoms with Gasteiger partial charge in [-0.1, -0.05) is 32.4 Å². The molecule has 3 rings (SSSR count). The molecule has 0 bridgehead atoms. The lowest BCUT2D eigenvalue weighted by atomic mass is 9.85. The van der Waals surface area contributed by atoms with Crippen molar-refractivity contribution < 1.29 is 14.3 Å². The van der Waals surface area contributed by atoms with Crippen molar-refractivity contribution in [3.05, 3.63) is 41.1 Å². The van der Waals surface area contributed by atoms with Gasteiger partial charge >= 0.3 is 5.97 Å². The van der Waals surface area contributed by atoms with E-state index in [1.807, 2.05) is 56.9 Å². The van der Waals surface area contributed by atoms with Gasteiger partial charge in [-0.05, 0) is 62.5 Å². The van der Waals surface area contributed by atoms with Crippen molar-refractivity contribution in [3.8, 4) is 0 Å². The van der Waals surface area contributed by atoms with Crippen LogP contribution in [0.25, 0.3) is 0 Å². The first-order valence-corrected chi connectivity index (χ1v) is 11.1. The van der Waals surface area contributed by atoms with Crippen molar-refractivity contribution in [1.82, 2.24) is 10.2 Å². The van der Waals surface area contributed by atoms with Gasteiger partial charge in [0.05, 0.1) is 18.2 Å². The van der Waals surface area contributed by atoms with E-state index in [4.69, 9.17) is 17.0 Å². The number of esters is 1. The zero-order chi connectivity index (χ0) is 21.8. The molecule has 7 heteroatoms. The minimum atomic E-state index is -0.392.